The van der Waals surface area contributed by atoms with Gasteiger partial charge in [0, 0.05) is 6.54 Å². The number of carbonyl (C=O) groups is 1. The largest absolute Gasteiger partial charge is 0.519 e. The van der Waals surface area contributed by atoms with Crippen molar-refractivity contribution in [3.8, 4) is 0 Å². The zero-order chi connectivity index (χ0) is 12.0. The molecule has 0 saturated heterocycles. The topological polar surface area (TPSA) is 40.5 Å². The van der Waals surface area contributed by atoms with Crippen LogP contribution < -0.4 is 0 Å². The lowest BCUT2D eigenvalue weighted by Gasteiger charge is -2.27. The Bertz CT molecular complexity index is 266. The molecule has 1 atom stereocenters. The molecule has 1 amide bonds. The van der Waals surface area contributed by atoms with E-state index >= 15 is 0 Å². The molecule has 0 aromatic heterocycles. The van der Waals surface area contributed by atoms with E-state index in [-0.39, 0.29) is 4.48 Å². The zero-order valence-corrected chi connectivity index (χ0v) is 10.4. The lowest BCUT2D eigenvalue weighted by Crippen LogP contribution is -2.49. The summed E-state index contributed by atoms with van der Waals surface area (Å²) in [6, 6.07) is 0. The van der Waals surface area contributed by atoms with Crippen molar-refractivity contribution in [2.24, 2.45) is 0 Å². The quantitative estimate of drug-likeness (QED) is 0.709. The maximum atomic E-state index is 11.3. The highest BCUT2D eigenvalue weighted by Crippen LogP contribution is 2.20. The highest BCUT2D eigenvalue weighted by molar-refractivity contribution is 5.57. The Morgan fingerprint density at radius 1 is 1.38 bits per heavy atom. The van der Waals surface area contributed by atoms with Crippen molar-refractivity contribution in [3.63, 3.8) is 0 Å². The number of quaternary nitrogens is 1. The SMILES string of the molecule is CCCCN1C=C[N+](CCCC)(C(=O)O)C1. The van der Waals surface area contributed by atoms with Gasteiger partial charge in [0.1, 0.15) is 6.20 Å². The number of hydrogen-bond donors (Lipinski definition) is 1. The first-order valence-corrected chi connectivity index (χ1v) is 6.18. The summed E-state index contributed by atoms with van der Waals surface area (Å²) in [6.07, 6.45) is 7.30. The summed E-state index contributed by atoms with van der Waals surface area (Å²) in [5.41, 5.74) is 0. The molecule has 0 fully saturated rings. The fourth-order valence-electron chi connectivity index (χ4n) is 1.95. The second kappa shape index (κ2) is 5.89. The zero-order valence-electron chi connectivity index (χ0n) is 10.4. The molecule has 1 aliphatic rings. The number of carboxylic acid groups (broad SMARTS) is 1. The number of nitrogens with zero attached hydrogens (tertiary/aromatic N) is 2. The highest BCUT2D eigenvalue weighted by atomic mass is 16.4. The van der Waals surface area contributed by atoms with Crippen LogP contribution in [-0.4, -0.2) is 40.3 Å². The monoisotopic (exact) mass is 227 g/mol. The summed E-state index contributed by atoms with van der Waals surface area (Å²) < 4.78 is 0.0809. The van der Waals surface area contributed by atoms with Gasteiger partial charge in [0.15, 0.2) is 6.67 Å². The molecule has 0 radical (unpaired) electrons. The van der Waals surface area contributed by atoms with E-state index in [1.165, 1.54) is 0 Å². The minimum atomic E-state index is -0.733. The van der Waals surface area contributed by atoms with Gasteiger partial charge in [-0.05, 0) is 12.8 Å². The van der Waals surface area contributed by atoms with Crippen LogP contribution in [0.1, 0.15) is 39.5 Å². The van der Waals surface area contributed by atoms with Gasteiger partial charge in [0.05, 0.1) is 12.7 Å². The van der Waals surface area contributed by atoms with Crippen molar-refractivity contribution in [1.29, 1.82) is 0 Å². The molecule has 1 heterocycles. The number of hydrogen-bond acceptors (Lipinski definition) is 2. The molecule has 0 aromatic rings. The van der Waals surface area contributed by atoms with E-state index in [1.807, 2.05) is 12.4 Å². The summed E-state index contributed by atoms with van der Waals surface area (Å²) in [7, 11) is 0. The van der Waals surface area contributed by atoms with E-state index in [9.17, 15) is 9.90 Å². The average Bonchev–Trinajstić information content (AvgIpc) is 2.68. The predicted molar refractivity (Wildman–Crippen MR) is 63.7 cm³/mol. The van der Waals surface area contributed by atoms with Gasteiger partial charge in [0.2, 0.25) is 0 Å². The van der Waals surface area contributed by atoms with Crippen LogP contribution in [0.25, 0.3) is 0 Å². The Morgan fingerprint density at radius 2 is 2.06 bits per heavy atom. The summed E-state index contributed by atoms with van der Waals surface area (Å²) >= 11 is 0. The van der Waals surface area contributed by atoms with Crippen LogP contribution in [-0.2, 0) is 0 Å². The van der Waals surface area contributed by atoms with E-state index in [4.69, 9.17) is 0 Å². The van der Waals surface area contributed by atoms with Crippen LogP contribution >= 0.6 is 0 Å². The molecule has 1 unspecified atom stereocenters. The minimum absolute atomic E-state index is 0.0809. The predicted octanol–water partition coefficient (Wildman–Crippen LogP) is 2.83. The van der Waals surface area contributed by atoms with E-state index in [1.54, 1.807) is 0 Å². The molecule has 0 saturated carbocycles. The fourth-order valence-corrected chi connectivity index (χ4v) is 1.95. The van der Waals surface area contributed by atoms with Crippen molar-refractivity contribution in [3.05, 3.63) is 12.4 Å². The second-order valence-corrected chi connectivity index (χ2v) is 4.50. The van der Waals surface area contributed by atoms with Crippen LogP contribution in [0.5, 0.6) is 0 Å². The molecule has 4 nitrogen and oxygen atoms in total. The van der Waals surface area contributed by atoms with Crippen molar-refractivity contribution in [1.82, 2.24) is 4.90 Å². The van der Waals surface area contributed by atoms with Gasteiger partial charge < -0.3 is 10.0 Å². The third-order valence-electron chi connectivity index (χ3n) is 3.09. The van der Waals surface area contributed by atoms with E-state index in [0.717, 1.165) is 32.2 Å². The van der Waals surface area contributed by atoms with Gasteiger partial charge in [-0.25, -0.2) is 0 Å². The summed E-state index contributed by atoms with van der Waals surface area (Å²) in [4.78, 5) is 13.5. The van der Waals surface area contributed by atoms with Gasteiger partial charge in [0.25, 0.3) is 0 Å². The molecule has 1 N–H and O–H groups in total. The minimum Gasteiger partial charge on any atom is -0.435 e. The molecule has 1 aliphatic heterocycles. The highest BCUT2D eigenvalue weighted by Gasteiger charge is 2.39. The molecule has 92 valence electrons. The second-order valence-electron chi connectivity index (χ2n) is 4.50. The standard InChI is InChI=1S/C12H22N2O2/c1-3-5-7-13-8-10-14(11-13,12(15)16)9-6-4-2/h8,10H,3-7,9,11H2,1-2H3/p+1. The molecule has 0 spiro atoms. The summed E-state index contributed by atoms with van der Waals surface area (Å²) in [5.74, 6) is 0. The Kier molecular flexibility index (Phi) is 4.80. The van der Waals surface area contributed by atoms with Crippen LogP contribution in [0.4, 0.5) is 4.79 Å². The van der Waals surface area contributed by atoms with E-state index < -0.39 is 6.09 Å². The normalized spacial score (nSPS) is 24.0. The molecule has 1 rings (SSSR count). The third-order valence-corrected chi connectivity index (χ3v) is 3.09. The first kappa shape index (κ1) is 13.0. The molecular formula is C12H23N2O2+. The molecule has 0 aromatic carbocycles. The summed E-state index contributed by atoms with van der Waals surface area (Å²) in [5, 5.41) is 9.33. The maximum absolute atomic E-state index is 11.3. The van der Waals surface area contributed by atoms with Crippen LogP contribution in [0.15, 0.2) is 12.4 Å². The Hall–Kier alpha value is -1.03. The first-order chi connectivity index (χ1) is 7.64. The Balaban J connectivity index is 2.56. The number of unbranched alkanes of at least 4 members (excludes halogenated alkanes) is 2. The molecule has 0 aliphatic carbocycles. The van der Waals surface area contributed by atoms with Gasteiger partial charge in [-0.3, -0.25) is 0 Å². The molecular weight excluding hydrogens is 204 g/mol. The van der Waals surface area contributed by atoms with Crippen molar-refractivity contribution < 1.29 is 14.4 Å². The van der Waals surface area contributed by atoms with Crippen LogP contribution in [0.3, 0.4) is 0 Å². The van der Waals surface area contributed by atoms with Gasteiger partial charge >= 0.3 is 6.09 Å². The lowest BCUT2D eigenvalue weighted by molar-refractivity contribution is -0.808. The van der Waals surface area contributed by atoms with Gasteiger partial charge in [-0.15, -0.1) is 0 Å². The number of amides is 1. The first-order valence-electron chi connectivity index (χ1n) is 6.18. The van der Waals surface area contributed by atoms with Crippen LogP contribution in [0, 0.1) is 0 Å². The maximum Gasteiger partial charge on any atom is 0.519 e. The Labute approximate surface area is 97.7 Å². The van der Waals surface area contributed by atoms with Crippen LogP contribution in [0.2, 0.25) is 0 Å². The molecule has 16 heavy (non-hydrogen) atoms. The van der Waals surface area contributed by atoms with E-state index in [2.05, 4.69) is 18.7 Å². The third kappa shape index (κ3) is 2.98. The smallest absolute Gasteiger partial charge is 0.435 e. The van der Waals surface area contributed by atoms with E-state index in [0.29, 0.717) is 13.2 Å². The average molecular weight is 227 g/mol. The Morgan fingerprint density at radius 3 is 2.62 bits per heavy atom. The van der Waals surface area contributed by atoms with Crippen molar-refractivity contribution >= 4 is 6.09 Å². The van der Waals surface area contributed by atoms with Crippen molar-refractivity contribution in [2.75, 3.05) is 19.8 Å². The number of rotatable bonds is 6. The van der Waals surface area contributed by atoms with Gasteiger partial charge in [-0.1, -0.05) is 26.7 Å². The van der Waals surface area contributed by atoms with Crippen molar-refractivity contribution in [2.45, 2.75) is 39.5 Å². The lowest BCUT2D eigenvalue weighted by atomic mass is 10.3. The fraction of sp³-hybridized carbons (Fsp3) is 0.750. The summed E-state index contributed by atoms with van der Waals surface area (Å²) in [6.45, 7) is 6.50. The molecule has 4 heteroatoms. The van der Waals surface area contributed by atoms with Gasteiger partial charge in [-0.2, -0.15) is 9.28 Å². The molecule has 0 bridgehead atoms.